The topological polar surface area (TPSA) is 80.3 Å². The van der Waals surface area contributed by atoms with Gasteiger partial charge in [0, 0.05) is 19.7 Å². The van der Waals surface area contributed by atoms with Crippen LogP contribution < -0.4 is 15.4 Å². The van der Waals surface area contributed by atoms with Gasteiger partial charge in [0.1, 0.15) is 11.4 Å². The summed E-state index contributed by atoms with van der Waals surface area (Å²) >= 11 is 0. The lowest BCUT2D eigenvalue weighted by Crippen LogP contribution is -2.26. The lowest BCUT2D eigenvalue weighted by Gasteiger charge is -2.12. The lowest BCUT2D eigenvalue weighted by molar-refractivity contribution is -0.114. The Hall–Kier alpha value is -2.89. The van der Waals surface area contributed by atoms with Crippen LogP contribution in [0.1, 0.15) is 29.9 Å². The Balaban J connectivity index is 1.97. The minimum Gasteiger partial charge on any atom is -0.492 e. The highest BCUT2D eigenvalue weighted by Gasteiger charge is 2.08. The summed E-state index contributed by atoms with van der Waals surface area (Å²) < 4.78 is 5.50. The summed E-state index contributed by atoms with van der Waals surface area (Å²) in [4.78, 5) is 27.3. The van der Waals surface area contributed by atoms with E-state index in [9.17, 15) is 9.59 Å². The highest BCUT2D eigenvalue weighted by Crippen LogP contribution is 2.26. The molecule has 2 aromatic rings. The van der Waals surface area contributed by atoms with Crippen molar-refractivity contribution < 1.29 is 14.3 Å². The van der Waals surface area contributed by atoms with Gasteiger partial charge in [-0.2, -0.15) is 0 Å². The second-order valence-corrected chi connectivity index (χ2v) is 5.17. The zero-order valence-corrected chi connectivity index (χ0v) is 13.8. The number of nitrogens with one attached hydrogen (secondary N) is 2. The number of carbonyl (C=O) groups excluding carboxylic acids is 2. The molecule has 1 aromatic heterocycles. The van der Waals surface area contributed by atoms with Gasteiger partial charge in [-0.25, -0.2) is 0 Å². The zero-order valence-electron chi connectivity index (χ0n) is 13.8. The van der Waals surface area contributed by atoms with Gasteiger partial charge in [0.2, 0.25) is 5.91 Å². The molecule has 1 heterocycles. The Morgan fingerprint density at radius 1 is 1.21 bits per heavy atom. The third kappa shape index (κ3) is 5.08. The molecule has 0 unspecified atom stereocenters. The van der Waals surface area contributed by atoms with Crippen LogP contribution in [0.25, 0.3) is 0 Å². The Labute approximate surface area is 141 Å². The summed E-state index contributed by atoms with van der Waals surface area (Å²) in [5.74, 6) is 0.272. The number of rotatable bonds is 7. The molecule has 126 valence electrons. The molecule has 6 nitrogen and oxygen atoms in total. The minimum absolute atomic E-state index is 0.156. The minimum atomic E-state index is -0.205. The number of aromatic nitrogens is 1. The van der Waals surface area contributed by atoms with Crippen molar-refractivity contribution in [3.8, 4) is 5.75 Å². The molecule has 0 fully saturated rings. The second kappa shape index (κ2) is 8.67. The fourth-order valence-electron chi connectivity index (χ4n) is 2.21. The molecule has 0 aliphatic rings. The first-order valence-corrected chi connectivity index (χ1v) is 7.82. The first-order valence-electron chi connectivity index (χ1n) is 7.82. The van der Waals surface area contributed by atoms with Crippen LogP contribution in [-0.2, 0) is 11.2 Å². The predicted octanol–water partition coefficient (Wildman–Crippen LogP) is 2.41. The molecular formula is C18H21N3O3. The zero-order chi connectivity index (χ0) is 17.4. The number of benzene rings is 1. The summed E-state index contributed by atoms with van der Waals surface area (Å²) in [5, 5.41) is 5.59. The maximum atomic E-state index is 11.9. The highest BCUT2D eigenvalue weighted by atomic mass is 16.5. The van der Waals surface area contributed by atoms with Crippen LogP contribution in [0.2, 0.25) is 0 Å². The molecule has 0 bridgehead atoms. The van der Waals surface area contributed by atoms with Gasteiger partial charge >= 0.3 is 0 Å². The molecule has 24 heavy (non-hydrogen) atoms. The van der Waals surface area contributed by atoms with Gasteiger partial charge in [0.15, 0.2) is 0 Å². The van der Waals surface area contributed by atoms with Crippen molar-refractivity contribution in [2.24, 2.45) is 0 Å². The van der Waals surface area contributed by atoms with Crippen molar-refractivity contribution in [2.75, 3.05) is 18.5 Å². The van der Waals surface area contributed by atoms with E-state index in [1.165, 1.54) is 6.92 Å². The molecule has 0 atom stereocenters. The lowest BCUT2D eigenvalue weighted by atomic mass is 10.1. The van der Waals surface area contributed by atoms with E-state index in [1.807, 2.05) is 25.1 Å². The summed E-state index contributed by atoms with van der Waals surface area (Å²) in [6.07, 6.45) is 2.22. The first-order chi connectivity index (χ1) is 11.6. The van der Waals surface area contributed by atoms with E-state index in [-0.39, 0.29) is 11.8 Å². The van der Waals surface area contributed by atoms with E-state index < -0.39 is 0 Å². The number of hydrogen-bond acceptors (Lipinski definition) is 4. The van der Waals surface area contributed by atoms with E-state index >= 15 is 0 Å². The van der Waals surface area contributed by atoms with Crippen molar-refractivity contribution in [3.05, 3.63) is 53.9 Å². The monoisotopic (exact) mass is 327 g/mol. The van der Waals surface area contributed by atoms with Crippen LogP contribution in [0.5, 0.6) is 5.75 Å². The third-order valence-corrected chi connectivity index (χ3v) is 3.25. The number of carbonyl (C=O) groups is 2. The molecule has 6 heteroatoms. The molecule has 0 saturated heterocycles. The van der Waals surface area contributed by atoms with Crippen LogP contribution in [0, 0.1) is 0 Å². The van der Waals surface area contributed by atoms with Crippen molar-refractivity contribution >= 4 is 17.5 Å². The first kappa shape index (κ1) is 17.5. The Morgan fingerprint density at radius 3 is 2.71 bits per heavy atom. The van der Waals surface area contributed by atoms with E-state index in [1.54, 1.807) is 24.4 Å². The van der Waals surface area contributed by atoms with E-state index in [2.05, 4.69) is 15.6 Å². The molecule has 0 aliphatic heterocycles. The van der Waals surface area contributed by atoms with Gasteiger partial charge in [0.05, 0.1) is 12.3 Å². The van der Waals surface area contributed by atoms with Gasteiger partial charge in [-0.15, -0.1) is 0 Å². The quantitative estimate of drug-likeness (QED) is 0.818. The van der Waals surface area contributed by atoms with Crippen molar-refractivity contribution in [1.29, 1.82) is 0 Å². The Bertz CT molecular complexity index is 702. The SMILES string of the molecule is CCOc1ccc(CCNC(=O)c2ccccn2)cc1NC(C)=O. The fraction of sp³-hybridized carbons (Fsp3) is 0.278. The average molecular weight is 327 g/mol. The molecule has 1 aromatic carbocycles. The number of ether oxygens (including phenoxy) is 1. The smallest absolute Gasteiger partial charge is 0.269 e. The molecular weight excluding hydrogens is 306 g/mol. The van der Waals surface area contributed by atoms with Crippen LogP contribution in [0.15, 0.2) is 42.6 Å². The van der Waals surface area contributed by atoms with Crippen LogP contribution in [0.3, 0.4) is 0 Å². The highest BCUT2D eigenvalue weighted by molar-refractivity contribution is 5.92. The van der Waals surface area contributed by atoms with Crippen LogP contribution in [-0.4, -0.2) is 29.9 Å². The number of nitrogens with zero attached hydrogens (tertiary/aromatic N) is 1. The normalized spacial score (nSPS) is 10.1. The van der Waals surface area contributed by atoms with Crippen molar-refractivity contribution in [1.82, 2.24) is 10.3 Å². The number of anilines is 1. The maximum Gasteiger partial charge on any atom is 0.269 e. The molecule has 0 spiro atoms. The largest absolute Gasteiger partial charge is 0.492 e. The van der Waals surface area contributed by atoms with Crippen molar-refractivity contribution in [2.45, 2.75) is 20.3 Å². The standard InChI is InChI=1S/C18H21N3O3/c1-3-24-17-8-7-14(12-16(17)21-13(2)22)9-11-20-18(23)15-6-4-5-10-19-15/h4-8,10,12H,3,9,11H2,1-2H3,(H,20,23)(H,21,22). The van der Waals surface area contributed by atoms with Crippen molar-refractivity contribution in [3.63, 3.8) is 0 Å². The predicted molar refractivity (Wildman–Crippen MR) is 92.2 cm³/mol. The Morgan fingerprint density at radius 2 is 2.04 bits per heavy atom. The molecule has 0 aliphatic carbocycles. The molecule has 0 saturated carbocycles. The van der Waals surface area contributed by atoms with Gasteiger partial charge in [-0.3, -0.25) is 14.6 Å². The van der Waals surface area contributed by atoms with E-state index in [0.29, 0.717) is 36.7 Å². The third-order valence-electron chi connectivity index (χ3n) is 3.25. The molecule has 0 radical (unpaired) electrons. The number of hydrogen-bond donors (Lipinski definition) is 2. The number of amides is 2. The van der Waals surface area contributed by atoms with E-state index in [0.717, 1.165) is 5.56 Å². The molecule has 2 rings (SSSR count). The maximum absolute atomic E-state index is 11.9. The fourth-order valence-corrected chi connectivity index (χ4v) is 2.21. The van der Waals surface area contributed by atoms with Crippen LogP contribution >= 0.6 is 0 Å². The molecule has 2 N–H and O–H groups in total. The van der Waals surface area contributed by atoms with Crippen LogP contribution in [0.4, 0.5) is 5.69 Å². The van der Waals surface area contributed by atoms with Gasteiger partial charge < -0.3 is 15.4 Å². The summed E-state index contributed by atoms with van der Waals surface area (Å²) in [6, 6.07) is 10.8. The number of pyridine rings is 1. The van der Waals surface area contributed by atoms with Gasteiger partial charge in [-0.1, -0.05) is 12.1 Å². The Kier molecular flexibility index (Phi) is 6.31. The second-order valence-electron chi connectivity index (χ2n) is 5.17. The summed E-state index contributed by atoms with van der Waals surface area (Å²) in [5.41, 5.74) is 2.02. The van der Waals surface area contributed by atoms with Gasteiger partial charge in [0.25, 0.3) is 5.91 Å². The molecule has 2 amide bonds. The summed E-state index contributed by atoms with van der Waals surface area (Å²) in [7, 11) is 0. The van der Waals surface area contributed by atoms with E-state index in [4.69, 9.17) is 4.74 Å². The van der Waals surface area contributed by atoms with Gasteiger partial charge in [-0.05, 0) is 43.2 Å². The average Bonchev–Trinajstić information content (AvgIpc) is 2.57. The summed E-state index contributed by atoms with van der Waals surface area (Å²) in [6.45, 7) is 4.34.